The number of nitrogens with zero attached hydrogens (tertiary/aromatic N) is 2. The van der Waals surface area contributed by atoms with Crippen LogP contribution in [0.2, 0.25) is 0 Å². The highest BCUT2D eigenvalue weighted by Crippen LogP contribution is 2.26. The summed E-state index contributed by atoms with van der Waals surface area (Å²) in [5.41, 5.74) is 1.00. The highest BCUT2D eigenvalue weighted by atomic mass is 35.5. The lowest BCUT2D eigenvalue weighted by Crippen LogP contribution is -2.40. The van der Waals surface area contributed by atoms with E-state index in [1.807, 2.05) is 42.2 Å². The maximum absolute atomic E-state index is 12.5. The minimum Gasteiger partial charge on any atom is -0.316 e. The molecule has 0 aliphatic carbocycles. The normalized spacial score (nSPS) is 24.4. The number of likely N-dealkylation sites (N-methyl/N-ethyl adjacent to an activating group) is 1. The van der Waals surface area contributed by atoms with Gasteiger partial charge in [-0.25, -0.2) is 0 Å². The van der Waals surface area contributed by atoms with Gasteiger partial charge < -0.3 is 10.2 Å². The first-order valence-corrected chi connectivity index (χ1v) is 7.56. The van der Waals surface area contributed by atoms with E-state index in [0.717, 1.165) is 50.2 Å². The average Bonchev–Trinajstić information content (AvgIpc) is 3.01. The number of hydrogen-bond donors (Lipinski definition) is 1. The Morgan fingerprint density at radius 3 is 2.43 bits per heavy atom. The summed E-state index contributed by atoms with van der Waals surface area (Å²) in [6.07, 6.45) is 0. The molecular weight excluding hydrogens is 286 g/mol. The second-order valence-corrected chi connectivity index (χ2v) is 5.85. The standard InChI is InChI=1S/C16H23N3O.ClH/c1-2-19(15-6-4-3-5-7-15)16(20)12-18-10-13-8-17-9-14(13)11-18;/h3-7,13-14,17H,2,8-12H2,1H3;1H/t13-,14+;. The highest BCUT2D eigenvalue weighted by Gasteiger charge is 2.36. The van der Waals surface area contributed by atoms with Crippen LogP contribution in [-0.4, -0.2) is 50.1 Å². The molecule has 2 aliphatic heterocycles. The van der Waals surface area contributed by atoms with E-state index in [4.69, 9.17) is 0 Å². The summed E-state index contributed by atoms with van der Waals surface area (Å²) in [6.45, 7) is 7.68. The van der Waals surface area contributed by atoms with Gasteiger partial charge in [0.25, 0.3) is 0 Å². The molecule has 1 N–H and O–H groups in total. The van der Waals surface area contributed by atoms with Crippen molar-refractivity contribution in [1.82, 2.24) is 10.2 Å². The lowest BCUT2D eigenvalue weighted by Gasteiger charge is -2.24. The summed E-state index contributed by atoms with van der Waals surface area (Å²) in [5, 5.41) is 3.44. The number of carbonyl (C=O) groups is 1. The Kier molecular flexibility index (Phi) is 5.62. The molecule has 1 amide bonds. The van der Waals surface area contributed by atoms with Crippen LogP contribution >= 0.6 is 12.4 Å². The summed E-state index contributed by atoms with van der Waals surface area (Å²) >= 11 is 0. The van der Waals surface area contributed by atoms with E-state index < -0.39 is 0 Å². The summed E-state index contributed by atoms with van der Waals surface area (Å²) in [7, 11) is 0. The van der Waals surface area contributed by atoms with Crippen molar-refractivity contribution in [3.63, 3.8) is 0 Å². The van der Waals surface area contributed by atoms with Crippen LogP contribution in [-0.2, 0) is 4.79 Å². The molecule has 0 unspecified atom stereocenters. The van der Waals surface area contributed by atoms with Crippen LogP contribution in [0.15, 0.2) is 30.3 Å². The molecule has 0 saturated carbocycles. The second-order valence-electron chi connectivity index (χ2n) is 5.85. The van der Waals surface area contributed by atoms with Crippen LogP contribution in [0.1, 0.15) is 6.92 Å². The first-order valence-electron chi connectivity index (χ1n) is 7.56. The molecule has 2 fully saturated rings. The van der Waals surface area contributed by atoms with E-state index in [9.17, 15) is 4.79 Å². The van der Waals surface area contributed by atoms with Gasteiger partial charge in [-0.1, -0.05) is 18.2 Å². The first-order chi connectivity index (χ1) is 9.78. The Bertz CT molecular complexity index is 456. The third-order valence-corrected chi connectivity index (χ3v) is 4.51. The van der Waals surface area contributed by atoms with Crippen molar-refractivity contribution in [2.75, 3.05) is 44.2 Å². The van der Waals surface area contributed by atoms with Gasteiger partial charge in [0.1, 0.15) is 0 Å². The number of hydrogen-bond acceptors (Lipinski definition) is 3. The van der Waals surface area contributed by atoms with Gasteiger partial charge in [-0.3, -0.25) is 9.69 Å². The van der Waals surface area contributed by atoms with Gasteiger partial charge in [-0.05, 0) is 44.0 Å². The van der Waals surface area contributed by atoms with Gasteiger partial charge in [0.15, 0.2) is 0 Å². The molecule has 1 aromatic rings. The molecule has 2 heterocycles. The third-order valence-electron chi connectivity index (χ3n) is 4.51. The van der Waals surface area contributed by atoms with Crippen molar-refractivity contribution in [2.45, 2.75) is 6.92 Å². The van der Waals surface area contributed by atoms with Crippen LogP contribution < -0.4 is 10.2 Å². The lowest BCUT2D eigenvalue weighted by molar-refractivity contribution is -0.119. The fourth-order valence-electron chi connectivity index (χ4n) is 3.47. The summed E-state index contributed by atoms with van der Waals surface area (Å²) < 4.78 is 0. The fraction of sp³-hybridized carbons (Fsp3) is 0.562. The van der Waals surface area contributed by atoms with Gasteiger partial charge in [-0.15, -0.1) is 12.4 Å². The molecule has 116 valence electrons. The number of fused-ring (bicyclic) bond motifs is 1. The molecule has 1 aromatic carbocycles. The molecule has 3 rings (SSSR count). The van der Waals surface area contributed by atoms with Crippen molar-refractivity contribution in [1.29, 1.82) is 0 Å². The molecule has 0 aromatic heterocycles. The molecule has 0 bridgehead atoms. The number of anilines is 1. The van der Waals surface area contributed by atoms with E-state index in [1.54, 1.807) is 0 Å². The van der Waals surface area contributed by atoms with E-state index in [1.165, 1.54) is 0 Å². The summed E-state index contributed by atoms with van der Waals surface area (Å²) in [6, 6.07) is 9.96. The summed E-state index contributed by atoms with van der Waals surface area (Å²) in [5.74, 6) is 1.70. The Balaban J connectivity index is 0.00000161. The summed E-state index contributed by atoms with van der Waals surface area (Å²) in [4.78, 5) is 16.7. The molecule has 4 nitrogen and oxygen atoms in total. The SMILES string of the molecule is CCN(C(=O)CN1C[C@H]2CNC[C@H]2C1)c1ccccc1.Cl. The van der Waals surface area contributed by atoms with Crippen molar-refractivity contribution in [3.8, 4) is 0 Å². The van der Waals surface area contributed by atoms with Gasteiger partial charge in [0, 0.05) is 25.3 Å². The zero-order valence-electron chi connectivity index (χ0n) is 12.5. The molecule has 2 aliphatic rings. The molecular formula is C16H24ClN3O. The third kappa shape index (κ3) is 3.57. The number of amides is 1. The molecule has 0 spiro atoms. The Hall–Kier alpha value is -1.10. The quantitative estimate of drug-likeness (QED) is 0.918. The number of nitrogens with one attached hydrogen (secondary N) is 1. The largest absolute Gasteiger partial charge is 0.316 e. The van der Waals surface area contributed by atoms with Crippen molar-refractivity contribution < 1.29 is 4.79 Å². The smallest absolute Gasteiger partial charge is 0.241 e. The first kappa shape index (κ1) is 16.3. The Morgan fingerprint density at radius 2 is 1.86 bits per heavy atom. The topological polar surface area (TPSA) is 35.6 Å². The minimum absolute atomic E-state index is 0. The van der Waals surface area contributed by atoms with Crippen molar-refractivity contribution in [2.24, 2.45) is 11.8 Å². The molecule has 2 atom stereocenters. The van der Waals surface area contributed by atoms with Crippen LogP contribution in [0, 0.1) is 11.8 Å². The molecule has 0 radical (unpaired) electrons. The zero-order chi connectivity index (χ0) is 13.9. The van der Waals surface area contributed by atoms with Crippen LogP contribution in [0.5, 0.6) is 0 Å². The number of carbonyl (C=O) groups excluding carboxylic acids is 1. The zero-order valence-corrected chi connectivity index (χ0v) is 13.3. The highest BCUT2D eigenvalue weighted by molar-refractivity contribution is 5.94. The molecule has 21 heavy (non-hydrogen) atoms. The van der Waals surface area contributed by atoms with E-state index >= 15 is 0 Å². The lowest BCUT2D eigenvalue weighted by atomic mass is 10.0. The van der Waals surface area contributed by atoms with E-state index in [2.05, 4.69) is 10.2 Å². The van der Waals surface area contributed by atoms with E-state index in [0.29, 0.717) is 6.54 Å². The number of benzene rings is 1. The Morgan fingerprint density at radius 1 is 1.24 bits per heavy atom. The molecule has 2 saturated heterocycles. The fourth-order valence-corrected chi connectivity index (χ4v) is 3.47. The predicted octanol–water partition coefficient (Wildman–Crippen LogP) is 1.61. The van der Waals surface area contributed by atoms with Gasteiger partial charge in [0.2, 0.25) is 5.91 Å². The van der Waals surface area contributed by atoms with Crippen LogP contribution in [0.25, 0.3) is 0 Å². The van der Waals surface area contributed by atoms with Crippen molar-refractivity contribution in [3.05, 3.63) is 30.3 Å². The number of halogens is 1. The predicted molar refractivity (Wildman–Crippen MR) is 88.0 cm³/mol. The monoisotopic (exact) mass is 309 g/mol. The van der Waals surface area contributed by atoms with Gasteiger partial charge in [0.05, 0.1) is 6.54 Å². The van der Waals surface area contributed by atoms with E-state index in [-0.39, 0.29) is 18.3 Å². The Labute approximate surface area is 132 Å². The van der Waals surface area contributed by atoms with Crippen molar-refractivity contribution >= 4 is 24.0 Å². The van der Waals surface area contributed by atoms with Gasteiger partial charge in [-0.2, -0.15) is 0 Å². The van der Waals surface area contributed by atoms with Gasteiger partial charge >= 0.3 is 0 Å². The maximum Gasteiger partial charge on any atom is 0.241 e. The maximum atomic E-state index is 12.5. The van der Waals surface area contributed by atoms with Crippen LogP contribution in [0.4, 0.5) is 5.69 Å². The van der Waals surface area contributed by atoms with Crippen LogP contribution in [0.3, 0.4) is 0 Å². The number of likely N-dealkylation sites (tertiary alicyclic amines) is 1. The second kappa shape index (κ2) is 7.25. The number of rotatable bonds is 4. The number of para-hydroxylation sites is 1. The minimum atomic E-state index is 0. The average molecular weight is 310 g/mol. The molecule has 5 heteroatoms.